The minimum absolute atomic E-state index is 0.122. The van der Waals surface area contributed by atoms with Gasteiger partial charge < -0.3 is 24.9 Å². The summed E-state index contributed by atoms with van der Waals surface area (Å²) in [6.07, 6.45) is 0.751. The van der Waals surface area contributed by atoms with Crippen LogP contribution in [0.15, 0.2) is 12.1 Å². The number of alkyl carbamates (subject to hydrolysis) is 1. The van der Waals surface area contributed by atoms with Crippen molar-refractivity contribution in [2.75, 3.05) is 13.2 Å². The predicted molar refractivity (Wildman–Crippen MR) is 115 cm³/mol. The monoisotopic (exact) mass is 427 g/mol. The minimum atomic E-state index is -1.36. The molecule has 0 unspecified atom stereocenters. The van der Waals surface area contributed by atoms with Gasteiger partial charge in [-0.25, -0.2) is 9.59 Å². The van der Waals surface area contributed by atoms with Crippen LogP contribution in [0.3, 0.4) is 0 Å². The van der Waals surface area contributed by atoms with Gasteiger partial charge in [-0.05, 0) is 42.9 Å². The van der Waals surface area contributed by atoms with Crippen LogP contribution in [0.2, 0.25) is 0 Å². The summed E-state index contributed by atoms with van der Waals surface area (Å²) in [6, 6.07) is 4.52. The molecule has 3 rings (SSSR count). The summed E-state index contributed by atoms with van der Waals surface area (Å²) in [5.41, 5.74) is 2.45. The minimum Gasteiger partial charge on any atom is -0.480 e. The molecule has 2 aromatic rings. The van der Waals surface area contributed by atoms with Crippen LogP contribution in [0.4, 0.5) is 4.79 Å². The summed E-state index contributed by atoms with van der Waals surface area (Å²) in [7, 11) is 0. The smallest absolute Gasteiger partial charge is 0.407 e. The number of nitrogens with one attached hydrogen (secondary N) is 2. The van der Waals surface area contributed by atoms with E-state index in [2.05, 4.69) is 16.4 Å². The number of benzene rings is 1. The fourth-order valence-corrected chi connectivity index (χ4v) is 4.34. The molecule has 0 radical (unpaired) electrons. The normalized spacial score (nSPS) is 19.0. The average Bonchev–Trinajstić information content (AvgIpc) is 3.13. The number of nitrogens with zero attached hydrogens (tertiary/aromatic N) is 1. The van der Waals surface area contributed by atoms with E-state index in [0.717, 1.165) is 22.0 Å². The molecule has 8 heteroatoms. The fraction of sp³-hybridized carbons (Fsp3) is 0.522. The standard InChI is InChI=1S/C23H29N3O5/c1-5-9-23(20(21(27)28)26-22(29)30-12-13(2)3)19-16(8-10-31-23)17-15(11-24)7-6-14(4)18(17)25-19/h6-7,13,20,25H,5,8-10,12H2,1-4H3,(H,26,29)(H,27,28)/t20-,23+/m1/s1. The predicted octanol–water partition coefficient (Wildman–Crippen LogP) is 3.75. The van der Waals surface area contributed by atoms with E-state index >= 15 is 0 Å². The van der Waals surface area contributed by atoms with Crippen LogP contribution >= 0.6 is 0 Å². The molecule has 1 aliphatic heterocycles. The first-order valence-electron chi connectivity index (χ1n) is 10.6. The highest BCUT2D eigenvalue weighted by molar-refractivity contribution is 5.93. The number of rotatable bonds is 7. The van der Waals surface area contributed by atoms with Gasteiger partial charge in [-0.1, -0.05) is 33.3 Å². The topological polar surface area (TPSA) is 124 Å². The van der Waals surface area contributed by atoms with E-state index in [-0.39, 0.29) is 19.1 Å². The summed E-state index contributed by atoms with van der Waals surface area (Å²) >= 11 is 0. The summed E-state index contributed by atoms with van der Waals surface area (Å²) < 4.78 is 11.3. The second-order valence-corrected chi connectivity index (χ2v) is 8.42. The highest BCUT2D eigenvalue weighted by Gasteiger charge is 2.51. The number of carbonyl (C=O) groups is 2. The molecule has 166 valence electrons. The Balaban J connectivity index is 2.15. The number of carboxylic acids is 1. The van der Waals surface area contributed by atoms with E-state index < -0.39 is 23.7 Å². The maximum absolute atomic E-state index is 12.4. The SMILES string of the molecule is CCC[C@]1([C@H](NC(=O)OCC(C)C)C(=O)O)OCCc2c1[nH]c1c(C)ccc(C#N)c21. The Morgan fingerprint density at radius 3 is 2.77 bits per heavy atom. The molecule has 1 amide bonds. The number of nitriles is 1. The lowest BCUT2D eigenvalue weighted by molar-refractivity contribution is -0.156. The molecule has 2 heterocycles. The second kappa shape index (κ2) is 8.98. The Hall–Kier alpha value is -3.05. The summed E-state index contributed by atoms with van der Waals surface area (Å²) in [6.45, 7) is 8.13. The number of carboxylic acid groups (broad SMARTS) is 1. The summed E-state index contributed by atoms with van der Waals surface area (Å²) in [5, 5.41) is 23.0. The molecule has 0 bridgehead atoms. The Bertz CT molecular complexity index is 1040. The molecular weight excluding hydrogens is 398 g/mol. The molecule has 0 spiro atoms. The van der Waals surface area contributed by atoms with Crippen molar-refractivity contribution in [1.82, 2.24) is 10.3 Å². The van der Waals surface area contributed by atoms with E-state index in [9.17, 15) is 20.0 Å². The molecule has 0 saturated carbocycles. The number of aryl methyl sites for hydroxylation is 1. The van der Waals surface area contributed by atoms with Crippen LogP contribution < -0.4 is 5.32 Å². The highest BCUT2D eigenvalue weighted by atomic mass is 16.6. The van der Waals surface area contributed by atoms with Crippen LogP contribution in [0.5, 0.6) is 0 Å². The number of aliphatic carboxylic acids is 1. The highest BCUT2D eigenvalue weighted by Crippen LogP contribution is 2.43. The molecule has 2 atom stereocenters. The third kappa shape index (κ3) is 4.10. The number of hydrogen-bond acceptors (Lipinski definition) is 5. The van der Waals surface area contributed by atoms with E-state index in [4.69, 9.17) is 9.47 Å². The van der Waals surface area contributed by atoms with E-state index in [1.165, 1.54) is 0 Å². The molecular formula is C23H29N3O5. The van der Waals surface area contributed by atoms with Crippen LogP contribution in [0.25, 0.3) is 10.9 Å². The quantitative estimate of drug-likeness (QED) is 0.618. The third-order valence-electron chi connectivity index (χ3n) is 5.67. The van der Waals surface area contributed by atoms with Crippen molar-refractivity contribution in [2.45, 2.75) is 58.6 Å². The van der Waals surface area contributed by atoms with Crippen molar-refractivity contribution in [3.8, 4) is 6.07 Å². The number of aromatic amines is 1. The molecule has 8 nitrogen and oxygen atoms in total. The first-order valence-corrected chi connectivity index (χ1v) is 10.6. The van der Waals surface area contributed by atoms with E-state index in [1.807, 2.05) is 33.8 Å². The summed E-state index contributed by atoms with van der Waals surface area (Å²) in [5.74, 6) is -1.09. The molecule has 1 aromatic carbocycles. The van der Waals surface area contributed by atoms with Crippen LogP contribution in [-0.2, 0) is 26.3 Å². The number of aromatic nitrogens is 1. The van der Waals surface area contributed by atoms with Gasteiger partial charge in [0.05, 0.1) is 36.1 Å². The molecule has 0 aliphatic carbocycles. The number of carbonyl (C=O) groups excluding carboxylic acids is 1. The van der Waals surface area contributed by atoms with E-state index in [1.54, 1.807) is 6.07 Å². The van der Waals surface area contributed by atoms with Crippen molar-refractivity contribution in [3.05, 3.63) is 34.5 Å². The number of ether oxygens (including phenoxy) is 2. The molecule has 1 aliphatic rings. The maximum Gasteiger partial charge on any atom is 0.407 e. The third-order valence-corrected chi connectivity index (χ3v) is 5.67. The first-order chi connectivity index (χ1) is 14.7. The van der Waals surface area contributed by atoms with Gasteiger partial charge >= 0.3 is 12.1 Å². The maximum atomic E-state index is 12.4. The van der Waals surface area contributed by atoms with Crippen molar-refractivity contribution < 1.29 is 24.2 Å². The fourth-order valence-electron chi connectivity index (χ4n) is 4.34. The van der Waals surface area contributed by atoms with Crippen LogP contribution in [0.1, 0.15) is 56.0 Å². The van der Waals surface area contributed by atoms with Crippen molar-refractivity contribution >= 4 is 23.0 Å². The lowest BCUT2D eigenvalue weighted by atomic mass is 9.81. The van der Waals surface area contributed by atoms with Gasteiger partial charge in [-0.3, -0.25) is 0 Å². The first kappa shape index (κ1) is 22.6. The number of fused-ring (bicyclic) bond motifs is 3. The Morgan fingerprint density at radius 2 is 2.16 bits per heavy atom. The lowest BCUT2D eigenvalue weighted by Crippen LogP contribution is -2.58. The number of H-pyrrole nitrogens is 1. The van der Waals surface area contributed by atoms with Crippen LogP contribution in [-0.4, -0.2) is 41.4 Å². The average molecular weight is 428 g/mol. The van der Waals surface area contributed by atoms with Crippen molar-refractivity contribution in [2.24, 2.45) is 5.92 Å². The Labute approximate surface area is 181 Å². The zero-order valence-corrected chi connectivity index (χ0v) is 18.4. The number of hydrogen-bond donors (Lipinski definition) is 3. The van der Waals surface area contributed by atoms with E-state index in [0.29, 0.717) is 30.5 Å². The van der Waals surface area contributed by atoms with Crippen molar-refractivity contribution in [1.29, 1.82) is 5.26 Å². The molecule has 3 N–H and O–H groups in total. The lowest BCUT2D eigenvalue weighted by Gasteiger charge is -2.41. The van der Waals surface area contributed by atoms with Gasteiger partial charge in [0, 0.05) is 5.39 Å². The van der Waals surface area contributed by atoms with Gasteiger partial charge in [0.15, 0.2) is 6.04 Å². The van der Waals surface area contributed by atoms with Gasteiger partial charge in [0.1, 0.15) is 5.60 Å². The van der Waals surface area contributed by atoms with Crippen LogP contribution in [0, 0.1) is 24.2 Å². The van der Waals surface area contributed by atoms with Gasteiger partial charge in [-0.15, -0.1) is 0 Å². The zero-order valence-electron chi connectivity index (χ0n) is 18.4. The second-order valence-electron chi connectivity index (χ2n) is 8.42. The van der Waals surface area contributed by atoms with Gasteiger partial charge in [-0.2, -0.15) is 5.26 Å². The molecule has 0 fully saturated rings. The largest absolute Gasteiger partial charge is 0.480 e. The van der Waals surface area contributed by atoms with Gasteiger partial charge in [0.25, 0.3) is 0 Å². The molecule has 1 aromatic heterocycles. The Morgan fingerprint density at radius 1 is 1.42 bits per heavy atom. The molecule has 0 saturated heterocycles. The zero-order chi connectivity index (χ0) is 22.8. The summed E-state index contributed by atoms with van der Waals surface area (Å²) in [4.78, 5) is 28.1. The number of amides is 1. The van der Waals surface area contributed by atoms with Gasteiger partial charge in [0.2, 0.25) is 0 Å². The Kier molecular flexibility index (Phi) is 6.56. The van der Waals surface area contributed by atoms with Crippen molar-refractivity contribution in [3.63, 3.8) is 0 Å². The molecule has 31 heavy (non-hydrogen) atoms.